The van der Waals surface area contributed by atoms with Crippen molar-refractivity contribution in [2.75, 3.05) is 38.6 Å². The van der Waals surface area contributed by atoms with Crippen molar-refractivity contribution in [3.05, 3.63) is 72.3 Å². The molecule has 3 atom stereocenters. The minimum Gasteiger partial charge on any atom is -0.481 e. The minimum absolute atomic E-state index is 0.0688. The molecule has 0 fully saturated rings. The van der Waals surface area contributed by atoms with Crippen LogP contribution in [0.1, 0.15) is 28.4 Å². The van der Waals surface area contributed by atoms with E-state index in [1.807, 2.05) is 0 Å². The molecule has 1 heterocycles. The van der Waals surface area contributed by atoms with Crippen molar-refractivity contribution >= 4 is 23.7 Å². The number of anilines is 1. The van der Waals surface area contributed by atoms with Gasteiger partial charge in [-0.1, -0.05) is 30.9 Å². The van der Waals surface area contributed by atoms with E-state index in [1.165, 1.54) is 11.0 Å². The molecule has 3 N–H and O–H groups in total. The normalized spacial score (nSPS) is 18.4. The molecule has 1 aliphatic heterocycles. The first kappa shape index (κ1) is 27.7. The van der Waals surface area contributed by atoms with Crippen LogP contribution in [0.4, 0.5) is 10.5 Å². The Hall–Kier alpha value is -3.93. The lowest BCUT2D eigenvalue weighted by molar-refractivity contribution is -0.138. The molecule has 11 nitrogen and oxygen atoms in total. The van der Waals surface area contributed by atoms with Gasteiger partial charge in [0.05, 0.1) is 43.5 Å². The molecule has 37 heavy (non-hydrogen) atoms. The molecule has 0 unspecified atom stereocenters. The Kier molecular flexibility index (Phi) is 10.0. The summed E-state index contributed by atoms with van der Waals surface area (Å²) >= 11 is 0. The lowest BCUT2D eigenvalue weighted by atomic mass is 9.86. The number of carbonyl (C=O) groups excluding carboxylic acids is 2. The number of ether oxygens (including phenoxy) is 4. The second-order valence-corrected chi connectivity index (χ2v) is 8.09. The Morgan fingerprint density at radius 2 is 1.89 bits per heavy atom. The molecule has 2 aromatic rings. The van der Waals surface area contributed by atoms with E-state index >= 15 is 0 Å². The van der Waals surface area contributed by atoms with Crippen LogP contribution in [0.3, 0.4) is 0 Å². The van der Waals surface area contributed by atoms with Crippen LogP contribution in [-0.2, 0) is 19.0 Å². The SMILES string of the molecule is C=CCOC(=O)N[C@H]1c2cc(OCOCCOC)ccc2N(C(=O)c2ccccc2)[C@@H](CC(=O)O)[C@@H]1O. The summed E-state index contributed by atoms with van der Waals surface area (Å²) in [4.78, 5) is 38.9. The maximum Gasteiger partial charge on any atom is 0.408 e. The van der Waals surface area contributed by atoms with Crippen LogP contribution >= 0.6 is 0 Å². The highest BCUT2D eigenvalue weighted by Crippen LogP contribution is 2.41. The van der Waals surface area contributed by atoms with Crippen LogP contribution in [0.5, 0.6) is 5.75 Å². The van der Waals surface area contributed by atoms with Gasteiger partial charge < -0.3 is 39.4 Å². The fourth-order valence-corrected chi connectivity index (χ4v) is 3.98. The molecular formula is C26H30N2O9. The molecule has 0 bridgehead atoms. The Morgan fingerprint density at radius 3 is 2.57 bits per heavy atom. The molecule has 11 heteroatoms. The largest absolute Gasteiger partial charge is 0.481 e. The summed E-state index contributed by atoms with van der Waals surface area (Å²) in [6.45, 7) is 4.04. The molecule has 2 aromatic carbocycles. The van der Waals surface area contributed by atoms with E-state index < -0.39 is 42.6 Å². The van der Waals surface area contributed by atoms with Gasteiger partial charge in [0.15, 0.2) is 6.79 Å². The van der Waals surface area contributed by atoms with Crippen LogP contribution in [0.2, 0.25) is 0 Å². The highest BCUT2D eigenvalue weighted by Gasteiger charge is 2.45. The second-order valence-electron chi connectivity index (χ2n) is 8.09. The number of methoxy groups -OCH3 is 1. The van der Waals surface area contributed by atoms with Crippen LogP contribution in [0.15, 0.2) is 61.2 Å². The number of aliphatic hydroxyl groups excluding tert-OH is 1. The van der Waals surface area contributed by atoms with Crippen LogP contribution < -0.4 is 15.0 Å². The number of aliphatic carboxylic acids is 1. The molecule has 0 aromatic heterocycles. The number of carboxylic acids is 1. The smallest absolute Gasteiger partial charge is 0.408 e. The summed E-state index contributed by atoms with van der Waals surface area (Å²) in [7, 11) is 1.55. The number of fused-ring (bicyclic) bond motifs is 1. The number of carboxylic acid groups (broad SMARTS) is 1. The van der Waals surface area contributed by atoms with Gasteiger partial charge in [0.25, 0.3) is 5.91 Å². The van der Waals surface area contributed by atoms with Crippen molar-refractivity contribution in [1.29, 1.82) is 0 Å². The molecule has 0 spiro atoms. The monoisotopic (exact) mass is 514 g/mol. The van der Waals surface area contributed by atoms with Gasteiger partial charge in [0.1, 0.15) is 12.4 Å². The number of carbonyl (C=O) groups is 3. The van der Waals surface area contributed by atoms with Gasteiger partial charge in [-0.15, -0.1) is 0 Å². The zero-order valence-corrected chi connectivity index (χ0v) is 20.4. The minimum atomic E-state index is -1.49. The van der Waals surface area contributed by atoms with E-state index in [4.69, 9.17) is 18.9 Å². The van der Waals surface area contributed by atoms with Gasteiger partial charge in [-0.2, -0.15) is 0 Å². The molecule has 3 rings (SSSR count). The van der Waals surface area contributed by atoms with Crippen molar-refractivity contribution < 1.29 is 43.5 Å². The van der Waals surface area contributed by atoms with E-state index in [-0.39, 0.29) is 13.4 Å². The fourth-order valence-electron chi connectivity index (χ4n) is 3.98. The average Bonchev–Trinajstić information content (AvgIpc) is 2.89. The van der Waals surface area contributed by atoms with Crippen molar-refractivity contribution in [3.63, 3.8) is 0 Å². The molecule has 1 aliphatic rings. The summed E-state index contributed by atoms with van der Waals surface area (Å²) in [5, 5.41) is 23.5. The maximum absolute atomic E-state index is 13.6. The summed E-state index contributed by atoms with van der Waals surface area (Å²) < 4.78 is 20.9. The van der Waals surface area contributed by atoms with Crippen LogP contribution in [0.25, 0.3) is 0 Å². The third-order valence-corrected chi connectivity index (χ3v) is 5.63. The Labute approximate surface area is 214 Å². The van der Waals surface area contributed by atoms with Crippen molar-refractivity contribution in [1.82, 2.24) is 5.32 Å². The third kappa shape index (κ3) is 7.06. The van der Waals surface area contributed by atoms with Gasteiger partial charge >= 0.3 is 12.1 Å². The topological polar surface area (TPSA) is 144 Å². The average molecular weight is 515 g/mol. The van der Waals surface area contributed by atoms with Crippen molar-refractivity contribution in [2.24, 2.45) is 0 Å². The summed E-state index contributed by atoms with van der Waals surface area (Å²) in [6, 6.07) is 10.7. The third-order valence-electron chi connectivity index (χ3n) is 5.63. The highest BCUT2D eigenvalue weighted by atomic mass is 16.7. The number of nitrogens with one attached hydrogen (secondary N) is 1. The fraction of sp³-hybridized carbons (Fsp3) is 0.346. The standard InChI is InChI=1S/C26H30N2O9/c1-3-11-36-26(33)27-23-19-14-18(37-16-35-13-12-34-2)9-10-20(19)28(21(24(23)31)15-22(29)30)25(32)17-7-5-4-6-8-17/h3-10,14,21,23-24,31H,1,11-13,15-16H2,2H3,(H,27,33)(H,29,30)/t21-,23-,24-/m0/s1. The zero-order valence-electron chi connectivity index (χ0n) is 20.4. The molecule has 2 amide bonds. The van der Waals surface area contributed by atoms with E-state index in [9.17, 15) is 24.6 Å². The summed E-state index contributed by atoms with van der Waals surface area (Å²) in [5.41, 5.74) is 0.954. The maximum atomic E-state index is 13.6. The van der Waals surface area contributed by atoms with Gasteiger partial charge in [-0.25, -0.2) is 4.79 Å². The Balaban J connectivity index is 2.02. The number of alkyl carbamates (subject to hydrolysis) is 1. The van der Waals surface area contributed by atoms with E-state index in [2.05, 4.69) is 11.9 Å². The summed E-state index contributed by atoms with van der Waals surface area (Å²) in [6.07, 6.45) is -1.51. The molecule has 0 saturated carbocycles. The van der Waals surface area contributed by atoms with Gasteiger partial charge in [0, 0.05) is 18.2 Å². The Morgan fingerprint density at radius 1 is 1.14 bits per heavy atom. The lowest BCUT2D eigenvalue weighted by Crippen LogP contribution is -2.57. The van der Waals surface area contributed by atoms with Crippen molar-refractivity contribution in [2.45, 2.75) is 24.6 Å². The number of hydrogen-bond donors (Lipinski definition) is 3. The van der Waals surface area contributed by atoms with E-state index in [0.717, 1.165) is 0 Å². The molecular weight excluding hydrogens is 484 g/mol. The summed E-state index contributed by atoms with van der Waals surface area (Å²) in [5.74, 6) is -1.38. The quantitative estimate of drug-likeness (QED) is 0.221. The molecule has 0 radical (unpaired) electrons. The van der Waals surface area contributed by atoms with Gasteiger partial charge in [-0.05, 0) is 30.3 Å². The van der Waals surface area contributed by atoms with Crippen molar-refractivity contribution in [3.8, 4) is 5.75 Å². The molecule has 198 valence electrons. The predicted octanol–water partition coefficient (Wildman–Crippen LogP) is 2.50. The number of nitrogens with zero attached hydrogens (tertiary/aromatic N) is 1. The van der Waals surface area contributed by atoms with Gasteiger partial charge in [0.2, 0.25) is 0 Å². The number of hydrogen-bond acceptors (Lipinski definition) is 8. The van der Waals surface area contributed by atoms with Gasteiger partial charge in [-0.3, -0.25) is 9.59 Å². The second kappa shape index (κ2) is 13.4. The highest BCUT2D eigenvalue weighted by molar-refractivity contribution is 6.07. The predicted molar refractivity (Wildman–Crippen MR) is 132 cm³/mol. The molecule has 0 aliphatic carbocycles. The van der Waals surface area contributed by atoms with Crippen LogP contribution in [-0.4, -0.2) is 74.1 Å². The zero-order chi connectivity index (χ0) is 26.8. The van der Waals surface area contributed by atoms with E-state index in [0.29, 0.717) is 35.8 Å². The Bertz CT molecular complexity index is 1090. The first-order valence-corrected chi connectivity index (χ1v) is 11.5. The lowest BCUT2D eigenvalue weighted by Gasteiger charge is -2.44. The first-order chi connectivity index (χ1) is 17.9. The number of amides is 2. The van der Waals surface area contributed by atoms with E-state index in [1.54, 1.807) is 55.6 Å². The van der Waals surface area contributed by atoms with Crippen LogP contribution in [0, 0.1) is 0 Å². The first-order valence-electron chi connectivity index (χ1n) is 11.5. The number of aliphatic hydroxyl groups is 1. The number of benzene rings is 2. The number of rotatable bonds is 12. The molecule has 0 saturated heterocycles.